The fourth-order valence-corrected chi connectivity index (χ4v) is 10.8. The van der Waals surface area contributed by atoms with Crippen LogP contribution in [0.1, 0.15) is 31.9 Å². The molecule has 0 aliphatic carbocycles. The molecule has 1 fully saturated rings. The van der Waals surface area contributed by atoms with E-state index in [0.29, 0.717) is 6.61 Å². The average molecular weight is 643 g/mol. The summed E-state index contributed by atoms with van der Waals surface area (Å²) in [6.45, 7) is 7.39. The topological polar surface area (TPSA) is 75.6 Å². The fraction of sp³-hybridized carbons (Fsp3) is 0.368. The second-order valence-corrected chi connectivity index (χ2v) is 16.9. The lowest BCUT2D eigenvalue weighted by Gasteiger charge is -2.47. The Kier molecular flexibility index (Phi) is 11.5. The summed E-state index contributed by atoms with van der Waals surface area (Å²) in [4.78, 5) is 0. The normalized spacial score (nSPS) is 22.0. The van der Waals surface area contributed by atoms with E-state index < -0.39 is 39.0 Å². The number of rotatable bonds is 13. The van der Waals surface area contributed by atoms with E-state index in [-0.39, 0.29) is 18.3 Å². The van der Waals surface area contributed by atoms with Crippen molar-refractivity contribution in [3.05, 3.63) is 126 Å². The Bertz CT molecular complexity index is 1420. The van der Waals surface area contributed by atoms with Crippen LogP contribution in [0.4, 0.5) is 0 Å². The van der Waals surface area contributed by atoms with E-state index in [1.54, 1.807) is 14.2 Å². The van der Waals surface area contributed by atoms with Crippen molar-refractivity contribution in [3.8, 4) is 5.75 Å². The van der Waals surface area contributed by atoms with Crippen molar-refractivity contribution in [2.75, 3.05) is 20.8 Å². The predicted octanol–water partition coefficient (Wildman–Crippen LogP) is 5.47. The molecule has 0 aromatic heterocycles. The monoisotopic (exact) mass is 642 g/mol. The van der Waals surface area contributed by atoms with Gasteiger partial charge in [0.05, 0.1) is 26.9 Å². The Morgan fingerprint density at radius 1 is 0.674 bits per heavy atom. The van der Waals surface area contributed by atoms with Gasteiger partial charge in [0.15, 0.2) is 6.29 Å². The van der Waals surface area contributed by atoms with Crippen LogP contribution in [0.15, 0.2) is 115 Å². The highest BCUT2D eigenvalue weighted by Crippen LogP contribution is 2.38. The lowest BCUT2D eigenvalue weighted by molar-refractivity contribution is -0.313. The van der Waals surface area contributed by atoms with Crippen molar-refractivity contribution < 1.29 is 33.2 Å². The zero-order chi connectivity index (χ0) is 32.6. The summed E-state index contributed by atoms with van der Waals surface area (Å²) in [5.41, 5.74) is 1.94. The highest BCUT2D eigenvalue weighted by molar-refractivity contribution is 6.99. The minimum Gasteiger partial charge on any atom is -0.497 e. The number of benzene rings is 4. The number of methoxy groups -OCH3 is 2. The molecule has 2 unspecified atom stereocenters. The minimum absolute atomic E-state index is 0.144. The van der Waals surface area contributed by atoms with Gasteiger partial charge < -0.3 is 33.2 Å². The van der Waals surface area contributed by atoms with Crippen LogP contribution in [-0.2, 0) is 36.6 Å². The summed E-state index contributed by atoms with van der Waals surface area (Å²) in [6.07, 6.45) is -4.02. The van der Waals surface area contributed by atoms with Crippen LogP contribution in [-0.4, -0.2) is 65.0 Å². The van der Waals surface area contributed by atoms with Gasteiger partial charge in [0.25, 0.3) is 8.32 Å². The van der Waals surface area contributed by atoms with Crippen LogP contribution in [0.25, 0.3) is 0 Å². The standard InChI is InChI=1S/C38H46O7Si/c1-38(2,3)46(31-17-11-7-12-18-31,32-19-13-8-14-20-32)44-27-33-34(39)35(42-25-28-15-9-6-10-16-28)36(37(41-5)45-33)43-26-29-21-23-30(40-4)24-22-29/h6-24,33-37,39H,25-27H2,1-5H3/t33?,34-,35-,36?,37+/m0/s1. The summed E-state index contributed by atoms with van der Waals surface area (Å²) >= 11 is 0. The van der Waals surface area contributed by atoms with E-state index in [0.717, 1.165) is 27.2 Å². The second-order valence-electron chi connectivity index (χ2n) is 12.6. The summed E-state index contributed by atoms with van der Waals surface area (Å²) in [6, 6.07) is 38.4. The lowest BCUT2D eigenvalue weighted by atomic mass is 9.98. The van der Waals surface area contributed by atoms with Gasteiger partial charge in [0.1, 0.15) is 30.2 Å². The van der Waals surface area contributed by atoms with E-state index in [9.17, 15) is 5.11 Å². The first-order valence-electron chi connectivity index (χ1n) is 15.8. The van der Waals surface area contributed by atoms with E-state index >= 15 is 0 Å². The molecule has 244 valence electrons. The first-order chi connectivity index (χ1) is 22.3. The Morgan fingerprint density at radius 3 is 1.67 bits per heavy atom. The Balaban J connectivity index is 1.43. The number of hydrogen-bond donors (Lipinski definition) is 1. The number of aliphatic hydroxyl groups is 1. The van der Waals surface area contributed by atoms with Crippen LogP contribution in [0.3, 0.4) is 0 Å². The van der Waals surface area contributed by atoms with Crippen molar-refractivity contribution in [1.82, 2.24) is 0 Å². The molecule has 1 aliphatic rings. The number of hydrogen-bond acceptors (Lipinski definition) is 7. The summed E-state index contributed by atoms with van der Waals surface area (Å²) in [5.74, 6) is 0.766. The Morgan fingerprint density at radius 2 is 1.17 bits per heavy atom. The van der Waals surface area contributed by atoms with Crippen molar-refractivity contribution in [2.45, 2.75) is 69.7 Å². The van der Waals surface area contributed by atoms with Gasteiger partial charge in [0, 0.05) is 7.11 Å². The van der Waals surface area contributed by atoms with Crippen LogP contribution < -0.4 is 15.1 Å². The van der Waals surface area contributed by atoms with Gasteiger partial charge in [-0.25, -0.2) is 0 Å². The molecule has 1 heterocycles. The molecule has 4 aromatic rings. The molecule has 0 bridgehead atoms. The molecule has 0 radical (unpaired) electrons. The summed E-state index contributed by atoms with van der Waals surface area (Å²) < 4.78 is 37.6. The van der Waals surface area contributed by atoms with Gasteiger partial charge in [-0.2, -0.15) is 0 Å². The molecule has 0 saturated carbocycles. The third-order valence-electron chi connectivity index (χ3n) is 8.62. The van der Waals surface area contributed by atoms with Gasteiger partial charge in [-0.15, -0.1) is 0 Å². The van der Waals surface area contributed by atoms with Crippen LogP contribution in [0.2, 0.25) is 5.04 Å². The van der Waals surface area contributed by atoms with Crippen molar-refractivity contribution in [1.29, 1.82) is 0 Å². The highest BCUT2D eigenvalue weighted by atomic mass is 28.4. The first-order valence-corrected chi connectivity index (χ1v) is 17.7. The Labute approximate surface area is 274 Å². The fourth-order valence-electron chi connectivity index (χ4n) is 6.23. The van der Waals surface area contributed by atoms with Crippen LogP contribution >= 0.6 is 0 Å². The quantitative estimate of drug-likeness (QED) is 0.194. The average Bonchev–Trinajstić information content (AvgIpc) is 3.08. The van der Waals surface area contributed by atoms with Crippen molar-refractivity contribution in [2.24, 2.45) is 0 Å². The smallest absolute Gasteiger partial charge is 0.261 e. The lowest BCUT2D eigenvalue weighted by Crippen LogP contribution is -2.68. The maximum atomic E-state index is 11.9. The van der Waals surface area contributed by atoms with E-state index in [1.807, 2.05) is 66.7 Å². The third-order valence-corrected chi connectivity index (χ3v) is 13.6. The van der Waals surface area contributed by atoms with Gasteiger partial charge in [-0.05, 0) is 38.7 Å². The van der Waals surface area contributed by atoms with Gasteiger partial charge in [0.2, 0.25) is 0 Å². The van der Waals surface area contributed by atoms with Crippen LogP contribution in [0.5, 0.6) is 5.75 Å². The molecule has 46 heavy (non-hydrogen) atoms. The van der Waals surface area contributed by atoms with Crippen LogP contribution in [0, 0.1) is 0 Å². The van der Waals surface area contributed by atoms with E-state index in [1.165, 1.54) is 0 Å². The van der Waals surface area contributed by atoms with E-state index in [2.05, 4.69) is 69.3 Å². The third kappa shape index (κ3) is 7.61. The van der Waals surface area contributed by atoms with E-state index in [4.69, 9.17) is 28.1 Å². The molecule has 4 aromatic carbocycles. The number of aliphatic hydroxyl groups excluding tert-OH is 1. The number of ether oxygens (including phenoxy) is 5. The zero-order valence-corrected chi connectivity index (χ0v) is 28.4. The Hall–Kier alpha value is -3.34. The van der Waals surface area contributed by atoms with Crippen molar-refractivity contribution >= 4 is 18.7 Å². The molecule has 0 spiro atoms. The largest absolute Gasteiger partial charge is 0.497 e. The molecule has 1 saturated heterocycles. The maximum absolute atomic E-state index is 11.9. The molecular formula is C38H46O7Si. The molecule has 5 rings (SSSR count). The predicted molar refractivity (Wildman–Crippen MR) is 182 cm³/mol. The summed E-state index contributed by atoms with van der Waals surface area (Å²) in [7, 11) is 0.334. The van der Waals surface area contributed by atoms with Gasteiger partial charge >= 0.3 is 0 Å². The second kappa shape index (κ2) is 15.5. The molecule has 8 heteroatoms. The first kappa shape index (κ1) is 34.0. The molecule has 0 amide bonds. The minimum atomic E-state index is -2.89. The molecule has 1 N–H and O–H groups in total. The van der Waals surface area contributed by atoms with Gasteiger partial charge in [-0.3, -0.25) is 0 Å². The SMILES string of the molecule is COc1ccc(COC2[C@H](OC)OC(CO[Si](c3ccccc3)(c3ccccc3)C(C)(C)C)[C@H](O)[C@@H]2OCc2ccccc2)cc1. The zero-order valence-electron chi connectivity index (χ0n) is 27.4. The summed E-state index contributed by atoms with van der Waals surface area (Å²) in [5, 5.41) is 14.0. The van der Waals surface area contributed by atoms with Gasteiger partial charge in [-0.1, -0.05) is 124 Å². The molecular weight excluding hydrogens is 596 g/mol. The molecule has 5 atom stereocenters. The molecule has 1 aliphatic heterocycles. The van der Waals surface area contributed by atoms with Crippen molar-refractivity contribution in [3.63, 3.8) is 0 Å². The maximum Gasteiger partial charge on any atom is 0.261 e. The highest BCUT2D eigenvalue weighted by Gasteiger charge is 2.53. The molecule has 7 nitrogen and oxygen atoms in total.